The maximum Gasteiger partial charge on any atom is 0.257 e. The van der Waals surface area contributed by atoms with Crippen molar-refractivity contribution in [3.63, 3.8) is 0 Å². The van der Waals surface area contributed by atoms with Gasteiger partial charge in [0.1, 0.15) is 5.75 Å². The second-order valence-electron chi connectivity index (χ2n) is 7.84. The fraction of sp³-hybridized carbons (Fsp3) is 0.375. The lowest BCUT2D eigenvalue weighted by Crippen LogP contribution is -2.51. The summed E-state index contributed by atoms with van der Waals surface area (Å²) in [6.45, 7) is 4.58. The zero-order valence-electron chi connectivity index (χ0n) is 19.0. The highest BCUT2D eigenvalue weighted by Gasteiger charge is 2.11. The smallest absolute Gasteiger partial charge is 0.257 e. The van der Waals surface area contributed by atoms with Gasteiger partial charge in [0.25, 0.3) is 5.91 Å². The van der Waals surface area contributed by atoms with E-state index in [0.29, 0.717) is 23.8 Å². The van der Waals surface area contributed by atoms with Crippen molar-refractivity contribution in [2.45, 2.75) is 32.2 Å². The van der Waals surface area contributed by atoms with Crippen molar-refractivity contribution >= 4 is 53.0 Å². The number of halogens is 1. The van der Waals surface area contributed by atoms with Crippen LogP contribution in [0.4, 0.5) is 0 Å². The van der Waals surface area contributed by atoms with Crippen molar-refractivity contribution in [3.8, 4) is 5.75 Å². The van der Waals surface area contributed by atoms with Crippen molar-refractivity contribution in [1.29, 1.82) is 0 Å². The average molecular weight is 522 g/mol. The molecule has 1 fully saturated rings. The van der Waals surface area contributed by atoms with Gasteiger partial charge in [-0.3, -0.25) is 25.9 Å². The first-order valence-electron chi connectivity index (χ1n) is 11.2. The summed E-state index contributed by atoms with van der Waals surface area (Å²) in [6.07, 6.45) is 4.72. The molecule has 7 nitrogen and oxygen atoms in total. The van der Waals surface area contributed by atoms with Crippen molar-refractivity contribution in [1.82, 2.24) is 26.4 Å². The van der Waals surface area contributed by atoms with E-state index in [1.165, 1.54) is 37.9 Å². The largest absolute Gasteiger partial charge is 0.494 e. The van der Waals surface area contributed by atoms with Crippen LogP contribution in [0.1, 0.15) is 41.6 Å². The number of hydrogen-bond acceptors (Lipinski definition) is 5. The molecule has 4 N–H and O–H groups in total. The summed E-state index contributed by atoms with van der Waals surface area (Å²) in [5, 5.41) is 6.18. The third-order valence-corrected chi connectivity index (χ3v) is 5.63. The molecular weight excluding hydrogens is 490 g/mol. The molecule has 0 bridgehead atoms. The van der Waals surface area contributed by atoms with Crippen LogP contribution in [0.25, 0.3) is 0 Å². The van der Waals surface area contributed by atoms with Gasteiger partial charge in [0, 0.05) is 18.7 Å². The molecule has 0 aliphatic carbocycles. The fourth-order valence-corrected chi connectivity index (χ4v) is 3.82. The SMILES string of the molecule is Cl.O=C(NC(=S)NNC(=S)NCCCOc1cccc(CN2CCCCC2)c1)c1ccccc1. The summed E-state index contributed by atoms with van der Waals surface area (Å²) in [7, 11) is 0. The highest BCUT2D eigenvalue weighted by Crippen LogP contribution is 2.17. The van der Waals surface area contributed by atoms with Gasteiger partial charge in [0.2, 0.25) is 0 Å². The summed E-state index contributed by atoms with van der Waals surface area (Å²) in [4.78, 5) is 14.6. The standard InChI is InChI=1S/C24H31N5O2S2.ClH/c30-22(20-10-3-1-4-11-20)26-24(33)28-27-23(32)25-13-8-16-31-21-12-7-9-19(17-21)18-29-14-5-2-6-15-29;/h1,3-4,7,9-12,17H,2,5-6,8,13-16,18H2,(H2,25,27,32)(H2,26,28,30,33);1H. The Morgan fingerprint density at radius 1 is 0.941 bits per heavy atom. The number of carbonyl (C=O) groups excluding carboxylic acids is 1. The Hall–Kier alpha value is -2.46. The minimum absolute atomic E-state index is 0. The molecule has 0 aromatic heterocycles. The molecule has 1 aliphatic rings. The van der Waals surface area contributed by atoms with Crippen LogP contribution in [0.3, 0.4) is 0 Å². The monoisotopic (exact) mass is 521 g/mol. The number of carbonyl (C=O) groups is 1. The molecule has 10 heteroatoms. The van der Waals surface area contributed by atoms with Crippen LogP contribution < -0.4 is 26.2 Å². The van der Waals surface area contributed by atoms with E-state index in [1.807, 2.05) is 12.1 Å². The molecule has 184 valence electrons. The Morgan fingerprint density at radius 2 is 1.68 bits per heavy atom. The number of amides is 1. The topological polar surface area (TPSA) is 77.7 Å². The minimum atomic E-state index is -0.286. The van der Waals surface area contributed by atoms with Crippen molar-refractivity contribution in [2.24, 2.45) is 0 Å². The molecule has 0 atom stereocenters. The zero-order valence-corrected chi connectivity index (χ0v) is 21.5. The number of hydrazine groups is 1. The first kappa shape index (κ1) is 27.8. The van der Waals surface area contributed by atoms with Gasteiger partial charge in [-0.25, -0.2) is 0 Å². The van der Waals surface area contributed by atoms with Crippen LogP contribution in [0.5, 0.6) is 5.75 Å². The molecule has 0 radical (unpaired) electrons. The molecule has 1 amide bonds. The number of ether oxygens (including phenoxy) is 1. The highest BCUT2D eigenvalue weighted by atomic mass is 35.5. The van der Waals surface area contributed by atoms with Gasteiger partial charge in [-0.05, 0) is 86.6 Å². The highest BCUT2D eigenvalue weighted by molar-refractivity contribution is 7.80. The van der Waals surface area contributed by atoms with E-state index in [1.54, 1.807) is 24.3 Å². The van der Waals surface area contributed by atoms with Crippen LogP contribution in [-0.2, 0) is 6.54 Å². The molecule has 34 heavy (non-hydrogen) atoms. The van der Waals surface area contributed by atoms with Crippen LogP contribution in [-0.4, -0.2) is 47.3 Å². The van der Waals surface area contributed by atoms with E-state index in [9.17, 15) is 4.79 Å². The van der Waals surface area contributed by atoms with Gasteiger partial charge in [-0.2, -0.15) is 0 Å². The number of piperidine rings is 1. The van der Waals surface area contributed by atoms with E-state index in [-0.39, 0.29) is 23.4 Å². The second kappa shape index (κ2) is 15.4. The molecule has 0 spiro atoms. The van der Waals surface area contributed by atoms with Crippen molar-refractivity contribution in [2.75, 3.05) is 26.2 Å². The second-order valence-corrected chi connectivity index (χ2v) is 8.66. The lowest BCUT2D eigenvalue weighted by atomic mass is 10.1. The van der Waals surface area contributed by atoms with Crippen molar-refractivity contribution < 1.29 is 9.53 Å². The predicted molar refractivity (Wildman–Crippen MR) is 146 cm³/mol. The molecule has 1 heterocycles. The lowest BCUT2D eigenvalue weighted by Gasteiger charge is -2.26. The summed E-state index contributed by atoms with van der Waals surface area (Å²) < 4.78 is 5.90. The van der Waals surface area contributed by atoms with E-state index < -0.39 is 0 Å². The number of nitrogens with one attached hydrogen (secondary N) is 4. The lowest BCUT2D eigenvalue weighted by molar-refractivity contribution is 0.0976. The van der Waals surface area contributed by atoms with Crippen LogP contribution in [0.2, 0.25) is 0 Å². The summed E-state index contributed by atoms with van der Waals surface area (Å²) in [5.74, 6) is 0.609. The summed E-state index contributed by atoms with van der Waals surface area (Å²) >= 11 is 10.3. The summed E-state index contributed by atoms with van der Waals surface area (Å²) in [5.41, 5.74) is 7.28. The Morgan fingerprint density at radius 3 is 2.44 bits per heavy atom. The number of hydrogen-bond donors (Lipinski definition) is 4. The fourth-order valence-electron chi connectivity index (χ4n) is 3.53. The van der Waals surface area contributed by atoms with E-state index >= 15 is 0 Å². The van der Waals surface area contributed by atoms with Gasteiger partial charge >= 0.3 is 0 Å². The average Bonchev–Trinajstić information content (AvgIpc) is 2.84. The van der Waals surface area contributed by atoms with Gasteiger partial charge in [-0.1, -0.05) is 36.8 Å². The van der Waals surface area contributed by atoms with Gasteiger partial charge in [-0.15, -0.1) is 12.4 Å². The summed E-state index contributed by atoms with van der Waals surface area (Å²) in [6, 6.07) is 17.2. The number of thiocarbonyl (C=S) groups is 2. The van der Waals surface area contributed by atoms with E-state index in [2.05, 4.69) is 44.6 Å². The Labute approximate surface area is 218 Å². The van der Waals surface area contributed by atoms with E-state index in [0.717, 1.165) is 18.7 Å². The molecule has 2 aromatic rings. The molecule has 0 saturated carbocycles. The molecule has 3 rings (SSSR count). The van der Waals surface area contributed by atoms with Gasteiger partial charge < -0.3 is 10.1 Å². The molecular formula is C24H32ClN5O2S2. The molecule has 2 aromatic carbocycles. The maximum atomic E-state index is 12.1. The van der Waals surface area contributed by atoms with Crippen LogP contribution in [0, 0.1) is 0 Å². The molecule has 1 saturated heterocycles. The Bertz CT molecular complexity index is 927. The van der Waals surface area contributed by atoms with Gasteiger partial charge in [0.05, 0.1) is 6.61 Å². The minimum Gasteiger partial charge on any atom is -0.494 e. The quantitative estimate of drug-likeness (QED) is 0.239. The number of nitrogens with zero attached hydrogens (tertiary/aromatic N) is 1. The predicted octanol–water partition coefficient (Wildman–Crippen LogP) is 3.55. The zero-order chi connectivity index (χ0) is 23.3. The molecule has 0 unspecified atom stereocenters. The third-order valence-electron chi connectivity index (χ3n) is 5.18. The van der Waals surface area contributed by atoms with Gasteiger partial charge in [0.15, 0.2) is 10.2 Å². The van der Waals surface area contributed by atoms with Crippen molar-refractivity contribution in [3.05, 3.63) is 65.7 Å². The normalized spacial score (nSPS) is 13.2. The number of likely N-dealkylation sites (tertiary alicyclic amines) is 1. The molecule has 1 aliphatic heterocycles. The first-order valence-corrected chi connectivity index (χ1v) is 12.1. The number of rotatable bonds is 8. The van der Waals surface area contributed by atoms with Crippen LogP contribution >= 0.6 is 36.8 Å². The Kier molecular flexibility index (Phi) is 12.6. The third kappa shape index (κ3) is 10.2. The Balaban J connectivity index is 0.00000408. The maximum absolute atomic E-state index is 12.1. The van der Waals surface area contributed by atoms with E-state index in [4.69, 9.17) is 29.2 Å². The number of benzene rings is 2. The van der Waals surface area contributed by atoms with Crippen LogP contribution in [0.15, 0.2) is 54.6 Å². The first-order chi connectivity index (χ1) is 16.1.